The van der Waals surface area contributed by atoms with Crippen LogP contribution in [0.2, 0.25) is 5.02 Å². The number of nitrogens with one attached hydrogen (secondary N) is 1. The molecule has 1 saturated heterocycles. The smallest absolute Gasteiger partial charge is 0.322 e. The monoisotopic (exact) mass is 457 g/mol. The van der Waals surface area contributed by atoms with E-state index in [2.05, 4.69) is 14.6 Å². The lowest BCUT2D eigenvalue weighted by atomic mass is 10.1. The first-order valence-corrected chi connectivity index (χ1v) is 11.2. The average molecular weight is 458 g/mol. The largest absolute Gasteiger partial charge is 0.495 e. The Labute approximate surface area is 190 Å². The molecule has 1 N–H and O–H groups in total. The van der Waals surface area contributed by atoms with Crippen LogP contribution in [0.1, 0.15) is 18.3 Å². The number of para-hydroxylation sites is 2. The van der Waals surface area contributed by atoms with Crippen molar-refractivity contribution in [2.45, 2.75) is 19.4 Å². The molecule has 1 unspecified atom stereocenters. The van der Waals surface area contributed by atoms with Crippen LogP contribution in [-0.4, -0.2) is 53.1 Å². The minimum absolute atomic E-state index is 0.0343. The molecule has 0 radical (unpaired) electrons. The van der Waals surface area contributed by atoms with Crippen molar-refractivity contribution in [3.63, 3.8) is 0 Å². The SMILES string of the molecule is COc1ccccc1NC(=O)N1CCN(c2nc(Cc3ccc(Cl)cc3)ns2)CC1C. The van der Waals surface area contributed by atoms with E-state index in [4.69, 9.17) is 21.3 Å². The molecule has 162 valence electrons. The van der Waals surface area contributed by atoms with Gasteiger partial charge in [0.1, 0.15) is 11.6 Å². The van der Waals surface area contributed by atoms with Crippen molar-refractivity contribution in [1.29, 1.82) is 0 Å². The third kappa shape index (κ3) is 5.08. The Morgan fingerprint density at radius 2 is 2.00 bits per heavy atom. The molecule has 0 bridgehead atoms. The summed E-state index contributed by atoms with van der Waals surface area (Å²) in [5.41, 5.74) is 1.79. The van der Waals surface area contributed by atoms with E-state index in [0.29, 0.717) is 37.5 Å². The standard InChI is InChI=1S/C22H24ClN5O2S/c1-15-14-27(22-25-20(26-31-22)13-16-7-9-17(23)10-8-16)11-12-28(15)21(29)24-18-5-3-4-6-19(18)30-2/h3-10,15H,11-14H2,1-2H3,(H,24,29). The number of benzene rings is 2. The highest BCUT2D eigenvalue weighted by atomic mass is 35.5. The van der Waals surface area contributed by atoms with Crippen molar-refractivity contribution in [1.82, 2.24) is 14.3 Å². The van der Waals surface area contributed by atoms with Gasteiger partial charge in [-0.2, -0.15) is 4.37 Å². The fourth-order valence-corrected chi connectivity index (χ4v) is 4.44. The lowest BCUT2D eigenvalue weighted by Gasteiger charge is -2.39. The number of piperazine rings is 1. The Balaban J connectivity index is 1.36. The van der Waals surface area contributed by atoms with E-state index >= 15 is 0 Å². The number of nitrogens with zero attached hydrogens (tertiary/aromatic N) is 4. The van der Waals surface area contributed by atoms with Gasteiger partial charge in [-0.25, -0.2) is 9.78 Å². The maximum Gasteiger partial charge on any atom is 0.322 e. The van der Waals surface area contributed by atoms with Crippen LogP contribution in [0.25, 0.3) is 0 Å². The molecule has 2 aromatic carbocycles. The summed E-state index contributed by atoms with van der Waals surface area (Å²) < 4.78 is 9.84. The van der Waals surface area contributed by atoms with Crippen LogP contribution in [0.4, 0.5) is 15.6 Å². The quantitative estimate of drug-likeness (QED) is 0.609. The number of halogens is 1. The van der Waals surface area contributed by atoms with Gasteiger partial charge >= 0.3 is 6.03 Å². The van der Waals surface area contributed by atoms with Gasteiger partial charge in [0.15, 0.2) is 0 Å². The number of hydrogen-bond donors (Lipinski definition) is 1. The van der Waals surface area contributed by atoms with Gasteiger partial charge in [-0.15, -0.1) is 0 Å². The number of methoxy groups -OCH3 is 1. The minimum atomic E-state index is -0.127. The second kappa shape index (κ2) is 9.53. The average Bonchev–Trinajstić information content (AvgIpc) is 3.24. The first-order chi connectivity index (χ1) is 15.0. The molecule has 0 spiro atoms. The Hall–Kier alpha value is -2.84. The summed E-state index contributed by atoms with van der Waals surface area (Å²) in [4.78, 5) is 21.6. The molecule has 1 aliphatic rings. The predicted molar refractivity (Wildman–Crippen MR) is 125 cm³/mol. The highest BCUT2D eigenvalue weighted by Crippen LogP contribution is 2.26. The van der Waals surface area contributed by atoms with E-state index in [1.54, 1.807) is 7.11 Å². The van der Waals surface area contributed by atoms with Crippen LogP contribution in [0, 0.1) is 0 Å². The van der Waals surface area contributed by atoms with Gasteiger partial charge in [-0.3, -0.25) is 0 Å². The van der Waals surface area contributed by atoms with E-state index in [9.17, 15) is 4.79 Å². The molecule has 3 aromatic rings. The van der Waals surface area contributed by atoms with Gasteiger partial charge in [0.05, 0.1) is 12.8 Å². The third-order valence-electron chi connectivity index (χ3n) is 5.24. The number of rotatable bonds is 5. The van der Waals surface area contributed by atoms with Crippen LogP contribution in [0.15, 0.2) is 48.5 Å². The second-order valence-corrected chi connectivity index (χ2v) is 8.58. The van der Waals surface area contributed by atoms with Gasteiger partial charge in [0.25, 0.3) is 0 Å². The number of hydrogen-bond acceptors (Lipinski definition) is 6. The molecule has 0 saturated carbocycles. The highest BCUT2D eigenvalue weighted by molar-refractivity contribution is 7.09. The number of anilines is 2. The molecular formula is C22H24ClN5O2S. The van der Waals surface area contributed by atoms with Crippen molar-refractivity contribution in [2.75, 3.05) is 37.0 Å². The molecule has 2 amide bonds. The van der Waals surface area contributed by atoms with Gasteiger partial charge in [0, 0.05) is 48.7 Å². The molecule has 4 rings (SSSR count). The van der Waals surface area contributed by atoms with Gasteiger partial charge in [-0.1, -0.05) is 35.9 Å². The molecule has 0 aliphatic carbocycles. The molecule has 1 fully saturated rings. The Bertz CT molecular complexity index is 1040. The normalized spacial score (nSPS) is 16.3. The zero-order chi connectivity index (χ0) is 21.8. The van der Waals surface area contributed by atoms with Gasteiger partial charge < -0.3 is 19.9 Å². The fraction of sp³-hybridized carbons (Fsp3) is 0.318. The number of carbonyl (C=O) groups is 1. The lowest BCUT2D eigenvalue weighted by molar-refractivity contribution is 0.184. The molecule has 9 heteroatoms. The predicted octanol–water partition coefficient (Wildman–Crippen LogP) is 4.53. The number of urea groups is 1. The van der Waals surface area contributed by atoms with Crippen LogP contribution >= 0.6 is 23.1 Å². The highest BCUT2D eigenvalue weighted by Gasteiger charge is 2.29. The van der Waals surface area contributed by atoms with E-state index in [1.807, 2.05) is 60.4 Å². The van der Waals surface area contributed by atoms with Crippen molar-refractivity contribution >= 4 is 40.0 Å². The summed E-state index contributed by atoms with van der Waals surface area (Å²) >= 11 is 7.35. The first kappa shape index (κ1) is 21.4. The number of aromatic nitrogens is 2. The van der Waals surface area contributed by atoms with E-state index in [1.165, 1.54) is 11.5 Å². The second-order valence-electron chi connectivity index (χ2n) is 7.42. The molecule has 2 heterocycles. The maximum atomic E-state index is 12.8. The summed E-state index contributed by atoms with van der Waals surface area (Å²) in [7, 11) is 1.59. The summed E-state index contributed by atoms with van der Waals surface area (Å²) in [6.45, 7) is 4.06. The Kier molecular flexibility index (Phi) is 6.58. The van der Waals surface area contributed by atoms with Crippen LogP contribution in [0.3, 0.4) is 0 Å². The first-order valence-electron chi connectivity index (χ1n) is 10.1. The Morgan fingerprint density at radius 1 is 1.23 bits per heavy atom. The maximum absolute atomic E-state index is 12.8. The summed E-state index contributed by atoms with van der Waals surface area (Å²) in [5.74, 6) is 1.44. The van der Waals surface area contributed by atoms with Crippen molar-refractivity contribution in [3.05, 3.63) is 64.9 Å². The van der Waals surface area contributed by atoms with E-state index in [-0.39, 0.29) is 12.1 Å². The molecule has 1 aromatic heterocycles. The lowest BCUT2D eigenvalue weighted by Crippen LogP contribution is -2.55. The van der Waals surface area contributed by atoms with Crippen LogP contribution in [-0.2, 0) is 6.42 Å². The fourth-order valence-electron chi connectivity index (χ4n) is 3.60. The topological polar surface area (TPSA) is 70.6 Å². The van der Waals surface area contributed by atoms with Crippen LogP contribution < -0.4 is 15.0 Å². The van der Waals surface area contributed by atoms with E-state index in [0.717, 1.165) is 21.5 Å². The molecule has 7 nitrogen and oxygen atoms in total. The molecule has 1 atom stereocenters. The number of ether oxygens (including phenoxy) is 1. The minimum Gasteiger partial charge on any atom is -0.495 e. The van der Waals surface area contributed by atoms with Crippen molar-refractivity contribution in [2.24, 2.45) is 0 Å². The van der Waals surface area contributed by atoms with Crippen molar-refractivity contribution < 1.29 is 9.53 Å². The van der Waals surface area contributed by atoms with Crippen LogP contribution in [0.5, 0.6) is 5.75 Å². The van der Waals surface area contributed by atoms with Crippen molar-refractivity contribution in [3.8, 4) is 5.75 Å². The van der Waals surface area contributed by atoms with Gasteiger partial charge in [0.2, 0.25) is 5.13 Å². The number of amides is 2. The molecule has 1 aliphatic heterocycles. The summed E-state index contributed by atoms with van der Waals surface area (Å²) in [5, 5.41) is 4.57. The zero-order valence-corrected chi connectivity index (χ0v) is 19.0. The zero-order valence-electron chi connectivity index (χ0n) is 17.4. The number of carbonyl (C=O) groups excluding carboxylic acids is 1. The summed E-state index contributed by atoms with van der Waals surface area (Å²) in [6, 6.07) is 15.0. The third-order valence-corrected chi connectivity index (χ3v) is 6.31. The Morgan fingerprint density at radius 3 is 2.74 bits per heavy atom. The van der Waals surface area contributed by atoms with E-state index < -0.39 is 0 Å². The molecule has 31 heavy (non-hydrogen) atoms. The summed E-state index contributed by atoms with van der Waals surface area (Å²) in [6.07, 6.45) is 0.671. The van der Waals surface area contributed by atoms with Gasteiger partial charge in [-0.05, 0) is 36.8 Å². The molecular weight excluding hydrogens is 434 g/mol.